The van der Waals surface area contributed by atoms with Crippen molar-refractivity contribution in [2.75, 3.05) is 17.8 Å². The standard InChI is InChI=1S/C25H25ClN2O3S/c26-23-12-11-21(18-24(23)32(30,31)27-22-9-5-2-6-10-22)25(29)28-15-13-20(14-16-28)17-19-7-3-1-4-8-19/h1-12,18,20,27H,13-17H2. The molecule has 32 heavy (non-hydrogen) atoms. The van der Waals surface area contributed by atoms with E-state index in [1.807, 2.05) is 18.2 Å². The highest BCUT2D eigenvalue weighted by Crippen LogP contribution is 2.27. The number of amides is 1. The number of hydrogen-bond donors (Lipinski definition) is 1. The minimum atomic E-state index is -3.93. The second-order valence-corrected chi connectivity index (χ2v) is 10.1. The maximum absolute atomic E-state index is 13.1. The third kappa shape index (κ3) is 5.31. The van der Waals surface area contributed by atoms with Gasteiger partial charge in [0.05, 0.1) is 5.02 Å². The number of anilines is 1. The number of sulfonamides is 1. The topological polar surface area (TPSA) is 66.5 Å². The summed E-state index contributed by atoms with van der Waals surface area (Å²) in [5.74, 6) is 0.369. The third-order valence-electron chi connectivity index (χ3n) is 5.76. The summed E-state index contributed by atoms with van der Waals surface area (Å²) in [5.41, 5.74) is 2.07. The number of para-hydroxylation sites is 1. The van der Waals surface area contributed by atoms with Crippen molar-refractivity contribution in [1.82, 2.24) is 4.90 Å². The molecule has 0 aromatic heterocycles. The van der Waals surface area contributed by atoms with Crippen molar-refractivity contribution >= 4 is 33.2 Å². The molecule has 0 atom stereocenters. The molecule has 0 aliphatic carbocycles. The monoisotopic (exact) mass is 468 g/mol. The summed E-state index contributed by atoms with van der Waals surface area (Å²) in [4.78, 5) is 14.8. The lowest BCUT2D eigenvalue weighted by atomic mass is 9.90. The SMILES string of the molecule is O=C(c1ccc(Cl)c(S(=O)(=O)Nc2ccccc2)c1)N1CCC(Cc2ccccc2)CC1. The fourth-order valence-electron chi connectivity index (χ4n) is 4.03. The number of benzene rings is 3. The van der Waals surface area contributed by atoms with Gasteiger partial charge in [-0.3, -0.25) is 9.52 Å². The van der Waals surface area contributed by atoms with Gasteiger partial charge in [-0.15, -0.1) is 0 Å². The molecule has 1 fully saturated rings. The van der Waals surface area contributed by atoms with E-state index in [9.17, 15) is 13.2 Å². The zero-order valence-corrected chi connectivity index (χ0v) is 19.1. The predicted molar refractivity (Wildman–Crippen MR) is 127 cm³/mol. The average Bonchev–Trinajstić information content (AvgIpc) is 2.80. The van der Waals surface area contributed by atoms with Crippen LogP contribution >= 0.6 is 11.6 Å². The molecule has 0 bridgehead atoms. The molecule has 1 heterocycles. The van der Waals surface area contributed by atoms with Crippen molar-refractivity contribution in [2.24, 2.45) is 5.92 Å². The summed E-state index contributed by atoms with van der Waals surface area (Å²) in [5, 5.41) is 0.0755. The summed E-state index contributed by atoms with van der Waals surface area (Å²) in [6.07, 6.45) is 2.86. The molecule has 5 nitrogen and oxygen atoms in total. The summed E-state index contributed by atoms with van der Waals surface area (Å²) in [6, 6.07) is 23.4. The molecule has 0 spiro atoms. The number of likely N-dealkylation sites (tertiary alicyclic amines) is 1. The van der Waals surface area contributed by atoms with Crippen LogP contribution in [0.3, 0.4) is 0 Å². The van der Waals surface area contributed by atoms with Gasteiger partial charge in [0.2, 0.25) is 0 Å². The summed E-state index contributed by atoms with van der Waals surface area (Å²) < 4.78 is 28.3. The number of nitrogens with zero attached hydrogens (tertiary/aromatic N) is 1. The van der Waals surface area contributed by atoms with Crippen LogP contribution in [0.4, 0.5) is 5.69 Å². The Morgan fingerprint density at radius 2 is 1.56 bits per heavy atom. The highest BCUT2D eigenvalue weighted by atomic mass is 35.5. The molecule has 0 saturated carbocycles. The van der Waals surface area contributed by atoms with E-state index in [0.717, 1.165) is 19.3 Å². The first kappa shape index (κ1) is 22.4. The lowest BCUT2D eigenvalue weighted by molar-refractivity contribution is 0.0690. The molecule has 4 rings (SSSR count). The Labute approximate surface area is 194 Å². The van der Waals surface area contributed by atoms with Gasteiger partial charge < -0.3 is 4.90 Å². The van der Waals surface area contributed by atoms with Crippen molar-refractivity contribution in [3.63, 3.8) is 0 Å². The van der Waals surface area contributed by atoms with Crippen molar-refractivity contribution in [2.45, 2.75) is 24.2 Å². The van der Waals surface area contributed by atoms with E-state index in [2.05, 4.69) is 16.9 Å². The van der Waals surface area contributed by atoms with Gasteiger partial charge in [-0.05, 0) is 61.1 Å². The van der Waals surface area contributed by atoms with Crippen molar-refractivity contribution < 1.29 is 13.2 Å². The van der Waals surface area contributed by atoms with E-state index in [-0.39, 0.29) is 15.8 Å². The highest BCUT2D eigenvalue weighted by molar-refractivity contribution is 7.92. The summed E-state index contributed by atoms with van der Waals surface area (Å²) in [6.45, 7) is 1.31. The Morgan fingerprint density at radius 3 is 2.22 bits per heavy atom. The van der Waals surface area contributed by atoms with Crippen LogP contribution in [-0.4, -0.2) is 32.3 Å². The zero-order valence-electron chi connectivity index (χ0n) is 17.6. The molecule has 1 saturated heterocycles. The molecule has 1 N–H and O–H groups in total. The number of carbonyl (C=O) groups is 1. The lowest BCUT2D eigenvalue weighted by Crippen LogP contribution is -2.39. The molecule has 1 aliphatic heterocycles. The molecule has 7 heteroatoms. The Kier molecular flexibility index (Phi) is 6.82. The number of rotatable bonds is 6. The Morgan fingerprint density at radius 1 is 0.938 bits per heavy atom. The van der Waals surface area contributed by atoms with Gasteiger partial charge >= 0.3 is 0 Å². The maximum atomic E-state index is 13.1. The summed E-state index contributed by atoms with van der Waals surface area (Å²) in [7, 11) is -3.93. The van der Waals surface area contributed by atoms with Crippen LogP contribution in [0.25, 0.3) is 0 Å². The Bertz CT molecular complexity index is 1180. The van der Waals surface area contributed by atoms with Crippen LogP contribution in [0.2, 0.25) is 5.02 Å². The predicted octanol–water partition coefficient (Wildman–Crippen LogP) is 5.24. The molecule has 1 aliphatic rings. The normalized spacial score (nSPS) is 14.8. The minimum absolute atomic E-state index is 0.0755. The van der Waals surface area contributed by atoms with Crippen LogP contribution in [0.1, 0.15) is 28.8 Å². The van der Waals surface area contributed by atoms with E-state index in [0.29, 0.717) is 30.3 Å². The number of nitrogens with one attached hydrogen (secondary N) is 1. The van der Waals surface area contributed by atoms with Gasteiger partial charge in [-0.2, -0.15) is 0 Å². The van der Waals surface area contributed by atoms with Gasteiger partial charge in [-0.1, -0.05) is 60.1 Å². The van der Waals surface area contributed by atoms with Gasteiger partial charge in [0.25, 0.3) is 15.9 Å². The summed E-state index contributed by atoms with van der Waals surface area (Å²) >= 11 is 6.19. The molecular formula is C25H25ClN2O3S. The fraction of sp³-hybridized carbons (Fsp3) is 0.240. The van der Waals surface area contributed by atoms with Gasteiger partial charge in [0, 0.05) is 24.3 Å². The maximum Gasteiger partial charge on any atom is 0.263 e. The zero-order chi connectivity index (χ0) is 22.6. The van der Waals surface area contributed by atoms with E-state index in [4.69, 9.17) is 11.6 Å². The molecule has 0 radical (unpaired) electrons. The van der Waals surface area contributed by atoms with Gasteiger partial charge in [0.1, 0.15) is 4.90 Å². The van der Waals surface area contributed by atoms with Crippen LogP contribution in [0, 0.1) is 5.92 Å². The van der Waals surface area contributed by atoms with Crippen molar-refractivity contribution in [1.29, 1.82) is 0 Å². The van der Waals surface area contributed by atoms with E-state index in [1.54, 1.807) is 41.3 Å². The number of piperidine rings is 1. The van der Waals surface area contributed by atoms with Crippen molar-refractivity contribution in [3.05, 3.63) is 95.0 Å². The fourth-order valence-corrected chi connectivity index (χ4v) is 5.61. The average molecular weight is 469 g/mol. The van der Waals surface area contributed by atoms with Crippen LogP contribution < -0.4 is 4.72 Å². The molecule has 3 aromatic carbocycles. The number of carbonyl (C=O) groups excluding carboxylic acids is 1. The van der Waals surface area contributed by atoms with Gasteiger partial charge in [-0.25, -0.2) is 8.42 Å². The second-order valence-electron chi connectivity index (χ2n) is 8.04. The molecule has 1 amide bonds. The molecule has 166 valence electrons. The molecule has 3 aromatic rings. The van der Waals surface area contributed by atoms with E-state index >= 15 is 0 Å². The van der Waals surface area contributed by atoms with E-state index < -0.39 is 10.0 Å². The largest absolute Gasteiger partial charge is 0.339 e. The first-order valence-electron chi connectivity index (χ1n) is 10.6. The van der Waals surface area contributed by atoms with Crippen LogP contribution in [0.15, 0.2) is 83.8 Å². The van der Waals surface area contributed by atoms with Crippen LogP contribution in [0.5, 0.6) is 0 Å². The quantitative estimate of drug-likeness (QED) is 0.538. The number of halogens is 1. The minimum Gasteiger partial charge on any atom is -0.339 e. The van der Waals surface area contributed by atoms with Crippen LogP contribution in [-0.2, 0) is 16.4 Å². The second kappa shape index (κ2) is 9.76. The van der Waals surface area contributed by atoms with Crippen molar-refractivity contribution in [3.8, 4) is 0 Å². The first-order chi connectivity index (χ1) is 15.4. The first-order valence-corrected chi connectivity index (χ1v) is 12.5. The van der Waals surface area contributed by atoms with E-state index in [1.165, 1.54) is 17.7 Å². The smallest absolute Gasteiger partial charge is 0.263 e. The number of hydrogen-bond acceptors (Lipinski definition) is 3. The third-order valence-corrected chi connectivity index (χ3v) is 7.63. The Hall–Kier alpha value is -2.83. The highest BCUT2D eigenvalue weighted by Gasteiger charge is 2.26. The molecule has 0 unspecified atom stereocenters. The Balaban J connectivity index is 1.44. The molecular weight excluding hydrogens is 444 g/mol. The van der Waals surface area contributed by atoms with Gasteiger partial charge in [0.15, 0.2) is 0 Å². The lowest BCUT2D eigenvalue weighted by Gasteiger charge is -2.32.